The van der Waals surface area contributed by atoms with Crippen molar-refractivity contribution in [2.24, 2.45) is 5.92 Å². The van der Waals surface area contributed by atoms with Gasteiger partial charge in [-0.05, 0) is 19.3 Å². The first-order valence-corrected chi connectivity index (χ1v) is 9.62. The Labute approximate surface area is 154 Å². The van der Waals surface area contributed by atoms with Crippen molar-refractivity contribution in [2.75, 3.05) is 0 Å². The third-order valence-electron chi connectivity index (χ3n) is 4.86. The van der Waals surface area contributed by atoms with Crippen molar-refractivity contribution in [3.8, 4) is 0 Å². The highest BCUT2D eigenvalue weighted by atomic mass is 16.5. The summed E-state index contributed by atoms with van der Waals surface area (Å²) in [6.07, 6.45) is 6.90. The molecule has 1 amide bonds. The van der Waals surface area contributed by atoms with Gasteiger partial charge in [0.15, 0.2) is 5.82 Å². The highest BCUT2D eigenvalue weighted by Crippen LogP contribution is 2.23. The lowest BCUT2D eigenvalue weighted by Crippen LogP contribution is -2.43. The Morgan fingerprint density at radius 2 is 1.88 bits per heavy atom. The number of hydrogen-bond acceptors (Lipinski definition) is 5. The van der Waals surface area contributed by atoms with Crippen LogP contribution in [0.5, 0.6) is 0 Å². The van der Waals surface area contributed by atoms with Crippen molar-refractivity contribution in [1.29, 1.82) is 0 Å². The number of carbonyl (C=O) groups is 2. The summed E-state index contributed by atoms with van der Waals surface area (Å²) < 4.78 is 5.23. The van der Waals surface area contributed by atoms with Crippen molar-refractivity contribution in [2.45, 2.75) is 90.0 Å². The molecule has 1 heterocycles. The van der Waals surface area contributed by atoms with Crippen molar-refractivity contribution in [3.05, 3.63) is 11.7 Å². The molecule has 1 saturated carbocycles. The number of hydrogen-bond donors (Lipinski definition) is 2. The van der Waals surface area contributed by atoms with Crippen LogP contribution in [-0.2, 0) is 21.4 Å². The summed E-state index contributed by atoms with van der Waals surface area (Å²) >= 11 is 0. The minimum absolute atomic E-state index is 0.0996. The number of carboxylic acid groups (broad SMARTS) is 1. The second-order valence-corrected chi connectivity index (χ2v) is 8.23. The van der Waals surface area contributed by atoms with Crippen LogP contribution in [0.2, 0.25) is 0 Å². The standard InChI is InChI=1S/C19H31N3O4/c1-19(2,3)18-21-16(26-22-18)12-8-11-15(23)20-14-10-7-5-4-6-9-13(14)17(24)25/h13-14H,4-12H2,1-3H3,(H,20,23)(H,24,25). The summed E-state index contributed by atoms with van der Waals surface area (Å²) in [6, 6.07) is -0.267. The molecule has 2 atom stereocenters. The molecule has 146 valence electrons. The number of aliphatic carboxylic acids is 1. The molecule has 26 heavy (non-hydrogen) atoms. The molecule has 0 radical (unpaired) electrons. The van der Waals surface area contributed by atoms with Gasteiger partial charge in [-0.3, -0.25) is 9.59 Å². The zero-order valence-electron chi connectivity index (χ0n) is 16.1. The van der Waals surface area contributed by atoms with Crippen molar-refractivity contribution >= 4 is 11.9 Å². The van der Waals surface area contributed by atoms with Crippen LogP contribution in [0, 0.1) is 5.92 Å². The largest absolute Gasteiger partial charge is 0.481 e. The summed E-state index contributed by atoms with van der Waals surface area (Å²) in [4.78, 5) is 28.1. The SMILES string of the molecule is CC(C)(C)c1noc(CCCC(=O)NC2CCCCCCC2C(=O)O)n1. The summed E-state index contributed by atoms with van der Waals surface area (Å²) in [5.74, 6) is -0.187. The molecular weight excluding hydrogens is 334 g/mol. The van der Waals surface area contributed by atoms with Crippen LogP contribution in [0.25, 0.3) is 0 Å². The summed E-state index contributed by atoms with van der Waals surface area (Å²) in [7, 11) is 0. The van der Waals surface area contributed by atoms with Gasteiger partial charge in [-0.1, -0.05) is 51.6 Å². The molecule has 1 aliphatic carbocycles. The Morgan fingerprint density at radius 1 is 1.19 bits per heavy atom. The Hall–Kier alpha value is -1.92. The lowest BCUT2D eigenvalue weighted by molar-refractivity contribution is -0.143. The van der Waals surface area contributed by atoms with E-state index in [2.05, 4.69) is 15.5 Å². The lowest BCUT2D eigenvalue weighted by Gasteiger charge is -2.27. The predicted molar refractivity (Wildman–Crippen MR) is 96.7 cm³/mol. The van der Waals surface area contributed by atoms with E-state index < -0.39 is 11.9 Å². The third-order valence-corrected chi connectivity index (χ3v) is 4.86. The maximum atomic E-state index is 12.3. The molecule has 0 saturated heterocycles. The van der Waals surface area contributed by atoms with Gasteiger partial charge in [0.25, 0.3) is 0 Å². The third kappa shape index (κ3) is 6.11. The number of aryl methyl sites for hydroxylation is 1. The van der Waals surface area contributed by atoms with Gasteiger partial charge >= 0.3 is 5.97 Å². The highest BCUT2D eigenvalue weighted by molar-refractivity contribution is 5.78. The van der Waals surface area contributed by atoms with Gasteiger partial charge in [0, 0.05) is 24.3 Å². The molecule has 0 bridgehead atoms. The molecular formula is C19H31N3O4. The fraction of sp³-hybridized carbons (Fsp3) is 0.789. The van der Waals surface area contributed by atoms with E-state index in [0.717, 1.165) is 32.1 Å². The number of carboxylic acids is 1. The van der Waals surface area contributed by atoms with Crippen molar-refractivity contribution < 1.29 is 19.2 Å². The monoisotopic (exact) mass is 365 g/mol. The number of amides is 1. The number of carbonyl (C=O) groups excluding carboxylic acids is 1. The van der Waals surface area contributed by atoms with E-state index >= 15 is 0 Å². The van der Waals surface area contributed by atoms with E-state index in [4.69, 9.17) is 4.52 Å². The minimum Gasteiger partial charge on any atom is -0.481 e. The number of rotatable bonds is 6. The van der Waals surface area contributed by atoms with E-state index in [-0.39, 0.29) is 17.4 Å². The van der Waals surface area contributed by atoms with Crippen LogP contribution >= 0.6 is 0 Å². The molecule has 1 aromatic heterocycles. The molecule has 0 aliphatic heterocycles. The van der Waals surface area contributed by atoms with Crippen LogP contribution in [0.3, 0.4) is 0 Å². The second kappa shape index (κ2) is 9.14. The average molecular weight is 365 g/mol. The molecule has 2 rings (SSSR count). The first-order chi connectivity index (χ1) is 12.3. The van der Waals surface area contributed by atoms with E-state index in [1.54, 1.807) is 0 Å². The fourth-order valence-corrected chi connectivity index (χ4v) is 3.29. The molecule has 1 aromatic rings. The average Bonchev–Trinajstić information content (AvgIpc) is 2.99. The zero-order valence-corrected chi connectivity index (χ0v) is 16.1. The second-order valence-electron chi connectivity index (χ2n) is 8.23. The molecule has 1 aliphatic rings. The first kappa shape index (κ1) is 20.4. The predicted octanol–water partition coefficient (Wildman–Crippen LogP) is 3.23. The van der Waals surface area contributed by atoms with Crippen molar-refractivity contribution in [3.63, 3.8) is 0 Å². The van der Waals surface area contributed by atoms with E-state index in [9.17, 15) is 14.7 Å². The van der Waals surface area contributed by atoms with Gasteiger partial charge in [0.05, 0.1) is 5.92 Å². The number of aromatic nitrogens is 2. The van der Waals surface area contributed by atoms with Crippen LogP contribution in [0.1, 0.15) is 83.9 Å². The van der Waals surface area contributed by atoms with E-state index in [0.29, 0.717) is 37.4 Å². The highest BCUT2D eigenvalue weighted by Gasteiger charge is 2.29. The van der Waals surface area contributed by atoms with E-state index in [1.165, 1.54) is 0 Å². The first-order valence-electron chi connectivity index (χ1n) is 9.62. The summed E-state index contributed by atoms with van der Waals surface area (Å²) in [5, 5.41) is 16.4. The van der Waals surface area contributed by atoms with Gasteiger partial charge in [-0.15, -0.1) is 0 Å². The Kier molecular flexibility index (Phi) is 7.17. The Balaban J connectivity index is 1.81. The van der Waals surface area contributed by atoms with Gasteiger partial charge < -0.3 is 14.9 Å². The summed E-state index contributed by atoms with van der Waals surface area (Å²) in [5.41, 5.74) is -0.164. The van der Waals surface area contributed by atoms with E-state index in [1.807, 2.05) is 20.8 Å². The lowest BCUT2D eigenvalue weighted by atomic mass is 9.86. The molecule has 1 fully saturated rings. The fourth-order valence-electron chi connectivity index (χ4n) is 3.29. The molecule has 0 aromatic carbocycles. The normalized spacial score (nSPS) is 21.7. The van der Waals surface area contributed by atoms with Crippen LogP contribution in [-0.4, -0.2) is 33.2 Å². The maximum Gasteiger partial charge on any atom is 0.308 e. The van der Waals surface area contributed by atoms with Gasteiger partial charge in [0.1, 0.15) is 0 Å². The molecule has 7 nitrogen and oxygen atoms in total. The number of nitrogens with one attached hydrogen (secondary N) is 1. The molecule has 2 unspecified atom stereocenters. The van der Waals surface area contributed by atoms with Gasteiger partial charge in [0.2, 0.25) is 11.8 Å². The van der Waals surface area contributed by atoms with Crippen molar-refractivity contribution in [1.82, 2.24) is 15.5 Å². The minimum atomic E-state index is -0.808. The topological polar surface area (TPSA) is 105 Å². The van der Waals surface area contributed by atoms with Crippen LogP contribution in [0.15, 0.2) is 4.52 Å². The maximum absolute atomic E-state index is 12.3. The zero-order chi connectivity index (χ0) is 19.2. The summed E-state index contributed by atoms with van der Waals surface area (Å²) in [6.45, 7) is 6.05. The molecule has 0 spiro atoms. The van der Waals surface area contributed by atoms with Crippen LogP contribution in [0.4, 0.5) is 0 Å². The quantitative estimate of drug-likeness (QED) is 0.802. The van der Waals surface area contributed by atoms with Crippen LogP contribution < -0.4 is 5.32 Å². The van der Waals surface area contributed by atoms with Gasteiger partial charge in [-0.2, -0.15) is 4.98 Å². The smallest absolute Gasteiger partial charge is 0.308 e. The molecule has 7 heteroatoms. The molecule has 2 N–H and O–H groups in total. The Morgan fingerprint density at radius 3 is 2.50 bits per heavy atom. The Bertz CT molecular complexity index is 606. The van der Waals surface area contributed by atoms with Gasteiger partial charge in [-0.25, -0.2) is 0 Å². The number of nitrogens with zero attached hydrogens (tertiary/aromatic N) is 2.